The summed E-state index contributed by atoms with van der Waals surface area (Å²) in [5, 5.41) is 23.8. The number of carboxylic acids is 1. The van der Waals surface area contributed by atoms with Gasteiger partial charge in [0, 0.05) is 12.2 Å². The van der Waals surface area contributed by atoms with Crippen molar-refractivity contribution in [3.05, 3.63) is 90.0 Å². The molecule has 144 valence electrons. The number of aromatic carboxylic acids is 1. The Morgan fingerprint density at radius 2 is 1.79 bits per heavy atom. The van der Waals surface area contributed by atoms with Crippen LogP contribution in [-0.4, -0.2) is 31.3 Å². The van der Waals surface area contributed by atoms with Crippen LogP contribution in [0.15, 0.2) is 78.9 Å². The minimum Gasteiger partial charge on any atom is -0.478 e. The molecule has 3 aromatic carbocycles. The fraction of sp³-hybridized carbons (Fsp3) is 0.0476. The molecule has 4 aromatic rings. The van der Waals surface area contributed by atoms with Gasteiger partial charge in [-0.15, -0.1) is 0 Å². The highest BCUT2D eigenvalue weighted by Gasteiger charge is 2.10. The molecule has 2 N–H and O–H groups in total. The lowest BCUT2D eigenvalue weighted by Crippen LogP contribution is -2.02. The van der Waals surface area contributed by atoms with Gasteiger partial charge < -0.3 is 15.2 Å². The van der Waals surface area contributed by atoms with E-state index < -0.39 is 5.97 Å². The van der Waals surface area contributed by atoms with Gasteiger partial charge in [-0.2, -0.15) is 4.68 Å². The van der Waals surface area contributed by atoms with Crippen molar-refractivity contribution >= 4 is 11.7 Å². The number of anilines is 1. The van der Waals surface area contributed by atoms with Gasteiger partial charge in [0.05, 0.1) is 11.3 Å². The zero-order valence-electron chi connectivity index (χ0n) is 15.3. The lowest BCUT2D eigenvalue weighted by atomic mass is 10.2. The molecule has 0 saturated carbocycles. The van der Waals surface area contributed by atoms with Crippen molar-refractivity contribution < 1.29 is 14.6 Å². The molecule has 0 spiro atoms. The normalized spacial score (nSPS) is 10.5. The van der Waals surface area contributed by atoms with Crippen molar-refractivity contribution in [3.8, 4) is 17.4 Å². The van der Waals surface area contributed by atoms with E-state index in [1.807, 2.05) is 54.6 Å². The van der Waals surface area contributed by atoms with Crippen LogP contribution in [0.5, 0.6) is 11.8 Å². The molecule has 1 aromatic heterocycles. The Hall–Kier alpha value is -4.20. The molecule has 0 aliphatic heterocycles. The maximum Gasteiger partial charge on any atom is 0.345 e. The summed E-state index contributed by atoms with van der Waals surface area (Å²) in [6.45, 7) is 0.549. The number of carbonyl (C=O) groups is 1. The molecular formula is C21H17N5O3. The van der Waals surface area contributed by atoms with Gasteiger partial charge in [0.2, 0.25) is 0 Å². The lowest BCUT2D eigenvalue weighted by molar-refractivity contribution is 0.0697. The van der Waals surface area contributed by atoms with Gasteiger partial charge in [0.1, 0.15) is 5.75 Å². The molecule has 1 heterocycles. The zero-order valence-corrected chi connectivity index (χ0v) is 15.3. The zero-order chi connectivity index (χ0) is 20.1. The van der Waals surface area contributed by atoms with E-state index in [4.69, 9.17) is 9.84 Å². The highest BCUT2D eigenvalue weighted by atomic mass is 16.5. The molecule has 29 heavy (non-hydrogen) atoms. The second kappa shape index (κ2) is 8.22. The van der Waals surface area contributed by atoms with Gasteiger partial charge >= 0.3 is 12.0 Å². The topological polar surface area (TPSA) is 102 Å². The molecule has 0 unspecified atom stereocenters. The highest BCUT2D eigenvalue weighted by Crippen LogP contribution is 2.22. The predicted molar refractivity (Wildman–Crippen MR) is 106 cm³/mol. The fourth-order valence-electron chi connectivity index (χ4n) is 2.73. The predicted octanol–water partition coefficient (Wildman–Crippen LogP) is 3.76. The Morgan fingerprint density at radius 1 is 1.00 bits per heavy atom. The smallest absolute Gasteiger partial charge is 0.345 e. The van der Waals surface area contributed by atoms with Gasteiger partial charge in [-0.1, -0.05) is 35.4 Å². The van der Waals surface area contributed by atoms with Crippen LogP contribution in [-0.2, 0) is 6.54 Å². The van der Waals surface area contributed by atoms with Gasteiger partial charge in [0.15, 0.2) is 0 Å². The van der Waals surface area contributed by atoms with Crippen molar-refractivity contribution in [1.82, 2.24) is 20.2 Å². The summed E-state index contributed by atoms with van der Waals surface area (Å²) in [6, 6.07) is 23.9. The third-order valence-corrected chi connectivity index (χ3v) is 4.18. The van der Waals surface area contributed by atoms with Crippen LogP contribution in [0.2, 0.25) is 0 Å². The molecule has 0 amide bonds. The SMILES string of the molecule is O=C(O)c1ccc(NCc2cccc(Oc3nnnn3-c3ccccc3)c2)cc1. The summed E-state index contributed by atoms with van der Waals surface area (Å²) in [6.07, 6.45) is 0. The molecule has 0 radical (unpaired) electrons. The van der Waals surface area contributed by atoms with E-state index in [1.165, 1.54) is 4.68 Å². The molecule has 0 atom stereocenters. The summed E-state index contributed by atoms with van der Waals surface area (Å²) >= 11 is 0. The summed E-state index contributed by atoms with van der Waals surface area (Å²) in [4.78, 5) is 10.9. The number of aromatic nitrogens is 4. The first-order valence-electron chi connectivity index (χ1n) is 8.87. The van der Waals surface area contributed by atoms with E-state index in [1.54, 1.807) is 24.3 Å². The second-order valence-corrected chi connectivity index (χ2v) is 6.19. The van der Waals surface area contributed by atoms with Gasteiger partial charge in [-0.25, -0.2) is 4.79 Å². The van der Waals surface area contributed by atoms with Gasteiger partial charge in [-0.05, 0) is 64.5 Å². The summed E-state index contributed by atoms with van der Waals surface area (Å²) in [5.74, 6) is -0.336. The molecule has 0 aliphatic carbocycles. The van der Waals surface area contributed by atoms with E-state index in [0.717, 1.165) is 16.9 Å². The van der Waals surface area contributed by atoms with Crippen molar-refractivity contribution in [2.24, 2.45) is 0 Å². The first-order chi connectivity index (χ1) is 14.2. The summed E-state index contributed by atoms with van der Waals surface area (Å²) < 4.78 is 7.40. The number of rotatable bonds is 7. The Kier molecular flexibility index (Phi) is 5.15. The standard InChI is InChI=1S/C21H17N5O3/c27-20(28)16-9-11-17(12-10-16)22-14-15-5-4-8-19(13-15)29-21-23-24-25-26(21)18-6-2-1-3-7-18/h1-13,22H,14H2,(H,27,28). The Bertz CT molecular complexity index is 1110. The molecule has 0 bridgehead atoms. The number of ether oxygens (including phenoxy) is 1. The number of carboxylic acid groups (broad SMARTS) is 1. The van der Waals surface area contributed by atoms with E-state index in [9.17, 15) is 4.79 Å². The molecule has 0 fully saturated rings. The Morgan fingerprint density at radius 3 is 2.55 bits per heavy atom. The molecule has 0 saturated heterocycles. The summed E-state index contributed by atoms with van der Waals surface area (Å²) in [7, 11) is 0. The largest absolute Gasteiger partial charge is 0.478 e. The number of tetrazole rings is 1. The number of nitrogens with one attached hydrogen (secondary N) is 1. The molecule has 8 nitrogen and oxygen atoms in total. The van der Waals surface area contributed by atoms with Crippen molar-refractivity contribution in [1.29, 1.82) is 0 Å². The Balaban J connectivity index is 1.44. The number of hydrogen-bond donors (Lipinski definition) is 2. The first kappa shape index (κ1) is 18.2. The van der Waals surface area contributed by atoms with Crippen LogP contribution in [0.25, 0.3) is 5.69 Å². The van der Waals surface area contributed by atoms with E-state index in [-0.39, 0.29) is 11.6 Å². The molecule has 8 heteroatoms. The van der Waals surface area contributed by atoms with Crippen molar-refractivity contribution in [2.75, 3.05) is 5.32 Å². The van der Waals surface area contributed by atoms with Crippen molar-refractivity contribution in [3.63, 3.8) is 0 Å². The quantitative estimate of drug-likeness (QED) is 0.498. The van der Waals surface area contributed by atoms with Crippen LogP contribution in [0.4, 0.5) is 5.69 Å². The van der Waals surface area contributed by atoms with Gasteiger partial charge in [-0.3, -0.25) is 0 Å². The third-order valence-electron chi connectivity index (χ3n) is 4.18. The third kappa shape index (κ3) is 4.38. The number of hydrogen-bond acceptors (Lipinski definition) is 6. The maximum atomic E-state index is 10.9. The number of para-hydroxylation sites is 1. The second-order valence-electron chi connectivity index (χ2n) is 6.19. The van der Waals surface area contributed by atoms with Crippen LogP contribution in [0.3, 0.4) is 0 Å². The first-order valence-corrected chi connectivity index (χ1v) is 8.87. The average Bonchev–Trinajstić information content (AvgIpc) is 3.21. The molecular weight excluding hydrogens is 370 g/mol. The monoisotopic (exact) mass is 387 g/mol. The number of benzene rings is 3. The molecule has 0 aliphatic rings. The van der Waals surface area contributed by atoms with E-state index in [0.29, 0.717) is 12.3 Å². The Labute approximate surface area is 166 Å². The van der Waals surface area contributed by atoms with Crippen LogP contribution in [0, 0.1) is 0 Å². The molecule has 4 rings (SSSR count). The number of nitrogens with zero attached hydrogens (tertiary/aromatic N) is 4. The van der Waals surface area contributed by atoms with E-state index in [2.05, 4.69) is 20.8 Å². The van der Waals surface area contributed by atoms with Crippen LogP contribution in [0.1, 0.15) is 15.9 Å². The minimum atomic E-state index is -0.945. The summed E-state index contributed by atoms with van der Waals surface area (Å²) in [5.41, 5.74) is 2.87. The van der Waals surface area contributed by atoms with Gasteiger partial charge in [0.25, 0.3) is 0 Å². The lowest BCUT2D eigenvalue weighted by Gasteiger charge is -2.09. The average molecular weight is 387 g/mol. The van der Waals surface area contributed by atoms with Crippen LogP contribution < -0.4 is 10.1 Å². The minimum absolute atomic E-state index is 0.252. The maximum absolute atomic E-state index is 10.9. The van der Waals surface area contributed by atoms with E-state index >= 15 is 0 Å². The highest BCUT2D eigenvalue weighted by molar-refractivity contribution is 5.87. The van der Waals surface area contributed by atoms with Crippen LogP contribution >= 0.6 is 0 Å². The van der Waals surface area contributed by atoms with Crippen molar-refractivity contribution in [2.45, 2.75) is 6.54 Å². The fourth-order valence-corrected chi connectivity index (χ4v) is 2.73.